The molecule has 3 heteroatoms. The molecule has 15 rings (SSSR count). The Morgan fingerprint density at radius 2 is 0.632 bits per heavy atom. The summed E-state index contributed by atoms with van der Waals surface area (Å²) in [6.07, 6.45) is 8.01. The smallest absolute Gasteiger partial charge is 0.143 e. The van der Waals surface area contributed by atoms with Crippen molar-refractivity contribution in [2.75, 3.05) is 9.80 Å². The molecule has 0 saturated heterocycles. The number of hydrogen-bond donors (Lipinski definition) is 0. The molecule has 0 bridgehead atoms. The minimum absolute atomic E-state index is 0.0605. The van der Waals surface area contributed by atoms with Crippen LogP contribution in [0.4, 0.5) is 28.4 Å². The van der Waals surface area contributed by atoms with E-state index in [1.54, 1.807) is 0 Å². The van der Waals surface area contributed by atoms with Crippen molar-refractivity contribution in [3.8, 4) is 77.9 Å². The maximum atomic E-state index is 6.56. The van der Waals surface area contributed by atoms with Crippen LogP contribution in [-0.4, -0.2) is 6.04 Å². The van der Waals surface area contributed by atoms with Crippen LogP contribution in [0.3, 0.4) is 0 Å². The second-order valence-corrected chi connectivity index (χ2v) is 22.3. The molecule has 0 spiro atoms. The largest absolute Gasteiger partial charge is 0.455 e. The average Bonchev–Trinajstić information content (AvgIpc) is 2.54. The second-order valence-electron chi connectivity index (χ2n) is 22.3. The van der Waals surface area contributed by atoms with E-state index in [-0.39, 0.29) is 6.04 Å². The lowest BCUT2D eigenvalue weighted by atomic mass is 9.85. The van der Waals surface area contributed by atoms with E-state index < -0.39 is 0 Å². The van der Waals surface area contributed by atoms with Gasteiger partial charge in [-0.3, -0.25) is 0 Å². The maximum absolute atomic E-state index is 6.56. The molecule has 14 aromatic rings. The van der Waals surface area contributed by atoms with Gasteiger partial charge in [0.2, 0.25) is 0 Å². The number of rotatable bonds is 14. The topological polar surface area (TPSA) is 19.6 Å². The number of benzene rings is 13. The molecule has 87 heavy (non-hydrogen) atoms. The molecule has 412 valence electrons. The molecule has 1 heterocycles. The van der Waals surface area contributed by atoms with Gasteiger partial charge in [0, 0.05) is 44.8 Å². The molecule has 0 radical (unpaired) electrons. The van der Waals surface area contributed by atoms with Crippen LogP contribution in [0.2, 0.25) is 0 Å². The first-order chi connectivity index (χ1) is 43.1. The lowest BCUT2D eigenvalue weighted by molar-refractivity contribution is 0.670. The van der Waals surface area contributed by atoms with Crippen molar-refractivity contribution in [1.29, 1.82) is 0 Å². The molecule has 0 aliphatic heterocycles. The third-order valence-corrected chi connectivity index (χ3v) is 17.1. The van der Waals surface area contributed by atoms with E-state index in [9.17, 15) is 0 Å². The summed E-state index contributed by atoms with van der Waals surface area (Å²) in [6.45, 7) is 0. The Kier molecular flexibility index (Phi) is 14.1. The zero-order valence-corrected chi connectivity index (χ0v) is 48.0. The molecule has 0 N–H and O–H groups in total. The van der Waals surface area contributed by atoms with Gasteiger partial charge in [0.25, 0.3) is 0 Å². The van der Waals surface area contributed by atoms with E-state index in [4.69, 9.17) is 4.42 Å². The van der Waals surface area contributed by atoms with E-state index >= 15 is 0 Å². The van der Waals surface area contributed by atoms with Crippen molar-refractivity contribution in [1.82, 2.24) is 0 Å². The Bertz CT molecular complexity index is 4580. The summed E-state index contributed by atoms with van der Waals surface area (Å²) >= 11 is 0. The van der Waals surface area contributed by atoms with Crippen LogP contribution in [0.5, 0.6) is 0 Å². The Morgan fingerprint density at radius 3 is 1.10 bits per heavy atom. The first-order valence-electron chi connectivity index (χ1n) is 30.0. The summed E-state index contributed by atoms with van der Waals surface area (Å²) in [6, 6.07) is 118. The molecule has 3 nitrogen and oxygen atoms in total. The second kappa shape index (κ2) is 23.4. The van der Waals surface area contributed by atoms with Gasteiger partial charge in [0.05, 0.1) is 6.04 Å². The fourth-order valence-corrected chi connectivity index (χ4v) is 12.7. The Labute approximate surface area is 509 Å². The van der Waals surface area contributed by atoms with Crippen molar-refractivity contribution in [3.05, 3.63) is 351 Å². The SMILES string of the molecule is C1=CC(N(c2ccc(-c3ccccc3)cc2)c2ccc(-c3ccccc3)cc2)CC=C1c1cccc(-c2ccc(N(c3ccc(-c4ccccc4)cc3)c3ccc(-c4ccccc4)cc3)cc2)c1-c1ccc(-c2cccc3c2oc2ccccc23)cc1. The van der Waals surface area contributed by atoms with Gasteiger partial charge in [-0.25, -0.2) is 0 Å². The van der Waals surface area contributed by atoms with E-state index in [1.165, 1.54) is 61.2 Å². The monoisotopic (exact) mass is 1110 g/mol. The van der Waals surface area contributed by atoms with Crippen molar-refractivity contribution >= 4 is 55.9 Å². The van der Waals surface area contributed by atoms with Crippen LogP contribution in [0, 0.1) is 0 Å². The highest BCUT2D eigenvalue weighted by molar-refractivity contribution is 6.09. The van der Waals surface area contributed by atoms with E-state index in [0.717, 1.165) is 84.6 Å². The lowest BCUT2D eigenvalue weighted by Gasteiger charge is -2.34. The summed E-state index contributed by atoms with van der Waals surface area (Å²) in [5, 5.41) is 2.25. The standard InChI is InChI=1S/C84H60N2O/c1-5-17-59(18-6-1)63-35-47-71(48-36-63)85(72-49-37-64(38-50-72)60-19-7-2-8-20-60)75-55-43-67(44-56-75)77-26-15-27-78(83(77)70-33-31-69(32-34-70)79-28-16-29-81-80-25-13-14-30-82(80)87-84(79)81)68-45-57-76(58-46-68)86(73-51-39-65(40-52-73)61-21-9-3-10-22-61)74-53-41-66(42-54-74)62-23-11-4-12-24-62/h1-57,76H,58H2. The van der Waals surface area contributed by atoms with Crippen LogP contribution in [-0.2, 0) is 0 Å². The summed E-state index contributed by atoms with van der Waals surface area (Å²) in [4.78, 5) is 4.85. The lowest BCUT2D eigenvalue weighted by Crippen LogP contribution is -2.30. The van der Waals surface area contributed by atoms with Crippen molar-refractivity contribution in [2.45, 2.75) is 12.5 Å². The van der Waals surface area contributed by atoms with E-state index in [2.05, 4.69) is 350 Å². The first kappa shape index (κ1) is 52.5. The molecule has 1 aliphatic rings. The van der Waals surface area contributed by atoms with E-state index in [1.807, 2.05) is 6.07 Å². The summed E-state index contributed by atoms with van der Waals surface area (Å²) in [5.41, 5.74) is 26.0. The number of allylic oxidation sites excluding steroid dienone is 2. The Morgan fingerprint density at radius 1 is 0.276 bits per heavy atom. The van der Waals surface area contributed by atoms with Gasteiger partial charge < -0.3 is 14.2 Å². The molecular formula is C84H60N2O. The highest BCUT2D eigenvalue weighted by Crippen LogP contribution is 2.45. The van der Waals surface area contributed by atoms with Crippen LogP contribution >= 0.6 is 0 Å². The molecule has 1 aliphatic carbocycles. The minimum Gasteiger partial charge on any atom is -0.455 e. The predicted octanol–water partition coefficient (Wildman–Crippen LogP) is 23.3. The van der Waals surface area contributed by atoms with Gasteiger partial charge >= 0.3 is 0 Å². The molecule has 0 saturated carbocycles. The fourth-order valence-electron chi connectivity index (χ4n) is 12.7. The molecule has 1 unspecified atom stereocenters. The normalized spacial score (nSPS) is 12.9. The highest BCUT2D eigenvalue weighted by Gasteiger charge is 2.24. The van der Waals surface area contributed by atoms with Gasteiger partial charge in [-0.2, -0.15) is 0 Å². The highest BCUT2D eigenvalue weighted by atomic mass is 16.3. The van der Waals surface area contributed by atoms with Gasteiger partial charge in [-0.15, -0.1) is 0 Å². The minimum atomic E-state index is 0.0605. The number of hydrogen-bond acceptors (Lipinski definition) is 3. The van der Waals surface area contributed by atoms with Crippen molar-refractivity contribution in [3.63, 3.8) is 0 Å². The third-order valence-electron chi connectivity index (χ3n) is 17.1. The number of para-hydroxylation sites is 2. The van der Waals surface area contributed by atoms with Gasteiger partial charge in [0.15, 0.2) is 0 Å². The van der Waals surface area contributed by atoms with Crippen LogP contribution < -0.4 is 9.80 Å². The molecule has 0 fully saturated rings. The maximum Gasteiger partial charge on any atom is 0.143 e. The third kappa shape index (κ3) is 10.5. The summed E-state index contributed by atoms with van der Waals surface area (Å²) in [5.74, 6) is 0. The number of nitrogens with zero attached hydrogens (tertiary/aromatic N) is 2. The van der Waals surface area contributed by atoms with Crippen LogP contribution in [0.25, 0.3) is 105 Å². The Hall–Kier alpha value is -11.3. The van der Waals surface area contributed by atoms with Gasteiger partial charge in [-0.05, 0) is 157 Å². The van der Waals surface area contributed by atoms with Crippen molar-refractivity contribution < 1.29 is 4.42 Å². The van der Waals surface area contributed by atoms with Crippen LogP contribution in [0.1, 0.15) is 12.0 Å². The summed E-state index contributed by atoms with van der Waals surface area (Å²) in [7, 11) is 0. The first-order valence-corrected chi connectivity index (χ1v) is 30.0. The molecule has 1 atom stereocenters. The summed E-state index contributed by atoms with van der Waals surface area (Å²) < 4.78 is 6.56. The zero-order chi connectivity index (χ0) is 57.9. The predicted molar refractivity (Wildman–Crippen MR) is 367 cm³/mol. The van der Waals surface area contributed by atoms with Crippen LogP contribution in [0.15, 0.2) is 350 Å². The molecular weight excluding hydrogens is 1050 g/mol. The number of anilines is 5. The zero-order valence-electron chi connectivity index (χ0n) is 48.0. The molecule has 13 aromatic carbocycles. The number of furan rings is 1. The Balaban J connectivity index is 0.811. The number of fused-ring (bicyclic) bond motifs is 3. The molecule has 1 aromatic heterocycles. The molecule has 0 amide bonds. The fraction of sp³-hybridized carbons (Fsp3) is 0.0238. The average molecular weight is 1110 g/mol. The van der Waals surface area contributed by atoms with Crippen molar-refractivity contribution in [2.24, 2.45) is 0 Å². The van der Waals surface area contributed by atoms with E-state index in [0.29, 0.717) is 0 Å². The van der Waals surface area contributed by atoms with Gasteiger partial charge in [-0.1, -0.05) is 279 Å². The quantitative estimate of drug-likeness (QED) is 0.108. The van der Waals surface area contributed by atoms with Gasteiger partial charge in [0.1, 0.15) is 11.2 Å².